The molecular formula is C25H24F2N2. The van der Waals surface area contributed by atoms with Crippen LogP contribution < -0.4 is 0 Å². The highest BCUT2D eigenvalue weighted by Crippen LogP contribution is 2.23. The van der Waals surface area contributed by atoms with E-state index >= 15 is 0 Å². The van der Waals surface area contributed by atoms with Crippen molar-refractivity contribution in [3.63, 3.8) is 0 Å². The van der Waals surface area contributed by atoms with Crippen LogP contribution in [0.4, 0.5) is 8.78 Å². The van der Waals surface area contributed by atoms with Gasteiger partial charge in [0.25, 0.3) is 0 Å². The molecule has 0 saturated carbocycles. The molecule has 2 aromatic carbocycles. The topological polar surface area (TPSA) is 16.1 Å². The van der Waals surface area contributed by atoms with Gasteiger partial charge in [0.05, 0.1) is 0 Å². The molecule has 2 heterocycles. The third-order valence-corrected chi connectivity index (χ3v) is 5.42. The molecular weight excluding hydrogens is 366 g/mol. The molecule has 3 aromatic rings. The molecule has 0 aliphatic carbocycles. The second kappa shape index (κ2) is 9.10. The first kappa shape index (κ1) is 19.5. The third-order valence-electron chi connectivity index (χ3n) is 5.42. The number of hydrogen-bond donors (Lipinski definition) is 0. The monoisotopic (exact) mass is 390 g/mol. The second-order valence-electron chi connectivity index (χ2n) is 7.48. The van der Waals surface area contributed by atoms with Crippen LogP contribution in [0.25, 0.3) is 16.7 Å². The summed E-state index contributed by atoms with van der Waals surface area (Å²) in [6, 6.07) is 15.4. The lowest BCUT2D eigenvalue weighted by atomic mass is 9.99. The predicted octanol–water partition coefficient (Wildman–Crippen LogP) is 5.75. The Labute approximate surface area is 170 Å². The van der Waals surface area contributed by atoms with Gasteiger partial charge >= 0.3 is 0 Å². The molecule has 1 aromatic heterocycles. The summed E-state index contributed by atoms with van der Waals surface area (Å²) in [4.78, 5) is 6.80. The first-order valence-electron chi connectivity index (χ1n) is 10.0. The van der Waals surface area contributed by atoms with E-state index in [9.17, 15) is 8.78 Å². The molecule has 0 spiro atoms. The maximum Gasteiger partial charge on any atom is 0.123 e. The minimum absolute atomic E-state index is 0.190. The average Bonchev–Trinajstić information content (AvgIpc) is 2.76. The standard InChI is InChI=1S/C25H24F2N2/c26-24-7-3-20(4-8-24)22-11-14-29(15-12-22)13-1-2-19-16-23(18-28-17-19)21-5-9-25(27)10-6-21/h3-11,16-18H,1-2,12-15H2. The van der Waals surface area contributed by atoms with Crippen LogP contribution in [0.1, 0.15) is 24.0 Å². The number of pyridine rings is 1. The van der Waals surface area contributed by atoms with Crippen molar-refractivity contribution in [3.05, 3.63) is 95.8 Å². The summed E-state index contributed by atoms with van der Waals surface area (Å²) in [5.74, 6) is -0.416. The van der Waals surface area contributed by atoms with Gasteiger partial charge in [0.1, 0.15) is 11.6 Å². The zero-order valence-electron chi connectivity index (χ0n) is 16.3. The van der Waals surface area contributed by atoms with E-state index in [1.807, 2.05) is 24.5 Å². The summed E-state index contributed by atoms with van der Waals surface area (Å²) >= 11 is 0. The molecule has 0 N–H and O–H groups in total. The largest absolute Gasteiger partial charge is 0.299 e. The lowest BCUT2D eigenvalue weighted by Gasteiger charge is -2.26. The van der Waals surface area contributed by atoms with E-state index in [4.69, 9.17) is 0 Å². The smallest absolute Gasteiger partial charge is 0.123 e. The number of aryl methyl sites for hydroxylation is 1. The molecule has 0 saturated heterocycles. The highest BCUT2D eigenvalue weighted by molar-refractivity contribution is 5.66. The fourth-order valence-corrected chi connectivity index (χ4v) is 3.77. The Morgan fingerprint density at radius 3 is 2.17 bits per heavy atom. The summed E-state index contributed by atoms with van der Waals surface area (Å²) in [6.45, 7) is 2.99. The molecule has 4 rings (SSSR count). The van der Waals surface area contributed by atoms with Gasteiger partial charge in [-0.1, -0.05) is 30.3 Å². The first-order chi connectivity index (χ1) is 14.2. The van der Waals surface area contributed by atoms with Crippen LogP contribution in [0, 0.1) is 11.6 Å². The third kappa shape index (κ3) is 5.15. The van der Waals surface area contributed by atoms with E-state index in [0.717, 1.165) is 55.6 Å². The van der Waals surface area contributed by atoms with E-state index in [1.165, 1.54) is 35.4 Å². The van der Waals surface area contributed by atoms with Crippen molar-refractivity contribution in [2.45, 2.75) is 19.3 Å². The van der Waals surface area contributed by atoms with E-state index in [-0.39, 0.29) is 11.6 Å². The van der Waals surface area contributed by atoms with Crippen molar-refractivity contribution in [1.82, 2.24) is 9.88 Å². The molecule has 1 aliphatic rings. The fourth-order valence-electron chi connectivity index (χ4n) is 3.77. The Hall–Kier alpha value is -2.85. The van der Waals surface area contributed by atoms with Gasteiger partial charge in [0.2, 0.25) is 0 Å². The van der Waals surface area contributed by atoms with Crippen LogP contribution in [0.5, 0.6) is 0 Å². The first-order valence-corrected chi connectivity index (χ1v) is 10.0. The molecule has 1 aliphatic heterocycles. The predicted molar refractivity (Wildman–Crippen MR) is 113 cm³/mol. The van der Waals surface area contributed by atoms with Crippen molar-refractivity contribution < 1.29 is 8.78 Å². The van der Waals surface area contributed by atoms with Crippen molar-refractivity contribution in [2.75, 3.05) is 19.6 Å². The number of halogens is 2. The van der Waals surface area contributed by atoms with Gasteiger partial charge in [0, 0.05) is 31.0 Å². The summed E-state index contributed by atoms with van der Waals surface area (Å²) in [5, 5.41) is 0. The van der Waals surface area contributed by atoms with Gasteiger partial charge < -0.3 is 0 Å². The number of benzene rings is 2. The van der Waals surface area contributed by atoms with Crippen LogP contribution in [-0.2, 0) is 6.42 Å². The molecule has 0 unspecified atom stereocenters. The summed E-state index contributed by atoms with van der Waals surface area (Å²) < 4.78 is 26.2. The van der Waals surface area contributed by atoms with Crippen molar-refractivity contribution in [3.8, 4) is 11.1 Å². The SMILES string of the molecule is Fc1ccc(C2=CCN(CCCc3cncc(-c4ccc(F)cc4)c3)CC2)cc1. The van der Waals surface area contributed by atoms with Gasteiger partial charge in [-0.05, 0) is 78.4 Å². The van der Waals surface area contributed by atoms with Crippen molar-refractivity contribution in [2.24, 2.45) is 0 Å². The highest BCUT2D eigenvalue weighted by atomic mass is 19.1. The van der Waals surface area contributed by atoms with Crippen LogP contribution in [0.15, 0.2) is 73.1 Å². The summed E-state index contributed by atoms with van der Waals surface area (Å²) in [6.07, 6.45) is 9.01. The Balaban J connectivity index is 1.29. The molecule has 4 heteroatoms. The van der Waals surface area contributed by atoms with E-state index in [0.29, 0.717) is 0 Å². The van der Waals surface area contributed by atoms with Gasteiger partial charge in [-0.15, -0.1) is 0 Å². The number of nitrogens with zero attached hydrogens (tertiary/aromatic N) is 2. The van der Waals surface area contributed by atoms with E-state index in [2.05, 4.69) is 22.0 Å². The Kier molecular flexibility index (Phi) is 6.11. The quantitative estimate of drug-likeness (QED) is 0.533. The van der Waals surface area contributed by atoms with Crippen LogP contribution in [0.3, 0.4) is 0 Å². The summed E-state index contributed by atoms with van der Waals surface area (Å²) in [7, 11) is 0. The second-order valence-corrected chi connectivity index (χ2v) is 7.48. The maximum atomic E-state index is 13.1. The van der Waals surface area contributed by atoms with Gasteiger partial charge in [-0.25, -0.2) is 8.78 Å². The van der Waals surface area contributed by atoms with Crippen molar-refractivity contribution >= 4 is 5.57 Å². The zero-order chi connectivity index (χ0) is 20.1. The number of hydrogen-bond acceptors (Lipinski definition) is 2. The normalized spacial score (nSPS) is 14.6. The minimum atomic E-state index is -0.226. The molecule has 0 fully saturated rings. The van der Waals surface area contributed by atoms with Gasteiger partial charge in [-0.2, -0.15) is 0 Å². The van der Waals surface area contributed by atoms with Crippen LogP contribution in [0.2, 0.25) is 0 Å². The number of aromatic nitrogens is 1. The van der Waals surface area contributed by atoms with E-state index < -0.39 is 0 Å². The Morgan fingerprint density at radius 1 is 0.828 bits per heavy atom. The lowest BCUT2D eigenvalue weighted by Crippen LogP contribution is -2.29. The van der Waals surface area contributed by atoms with E-state index in [1.54, 1.807) is 12.1 Å². The summed E-state index contributed by atoms with van der Waals surface area (Å²) in [5.41, 5.74) is 5.63. The average molecular weight is 390 g/mol. The maximum absolute atomic E-state index is 13.1. The zero-order valence-corrected chi connectivity index (χ0v) is 16.3. The molecule has 0 bridgehead atoms. The van der Waals surface area contributed by atoms with Crippen molar-refractivity contribution in [1.29, 1.82) is 0 Å². The molecule has 148 valence electrons. The van der Waals surface area contributed by atoms with Gasteiger partial charge in [-0.3, -0.25) is 9.88 Å². The number of rotatable bonds is 6. The van der Waals surface area contributed by atoms with Crippen LogP contribution in [-0.4, -0.2) is 29.5 Å². The molecule has 29 heavy (non-hydrogen) atoms. The fraction of sp³-hybridized carbons (Fsp3) is 0.240. The van der Waals surface area contributed by atoms with Crippen LogP contribution >= 0.6 is 0 Å². The lowest BCUT2D eigenvalue weighted by molar-refractivity contribution is 0.298. The van der Waals surface area contributed by atoms with Gasteiger partial charge in [0.15, 0.2) is 0 Å². The molecule has 2 nitrogen and oxygen atoms in total. The molecule has 0 atom stereocenters. The molecule has 0 amide bonds. The highest BCUT2D eigenvalue weighted by Gasteiger charge is 2.13. The Morgan fingerprint density at radius 2 is 1.52 bits per heavy atom. The Bertz CT molecular complexity index is 978. The minimum Gasteiger partial charge on any atom is -0.299 e. The molecule has 0 radical (unpaired) electrons.